The maximum Gasteiger partial charge on any atom is 0.168 e. The number of halogens is 1. The first-order valence-corrected chi connectivity index (χ1v) is 6.64. The summed E-state index contributed by atoms with van der Waals surface area (Å²) in [4.78, 5) is 4.44. The zero-order valence-electron chi connectivity index (χ0n) is 9.72. The molecule has 4 heteroatoms. The molecule has 0 fully saturated rings. The predicted molar refractivity (Wildman–Crippen MR) is 78.1 cm³/mol. The van der Waals surface area contributed by atoms with Gasteiger partial charge in [-0.25, -0.2) is 4.98 Å². The van der Waals surface area contributed by atoms with Crippen LogP contribution < -0.4 is 0 Å². The molecule has 0 N–H and O–H groups in total. The van der Waals surface area contributed by atoms with Crippen LogP contribution in [-0.2, 0) is 13.0 Å². The number of benzene rings is 1. The van der Waals surface area contributed by atoms with E-state index in [0.717, 1.165) is 23.9 Å². The fourth-order valence-corrected chi connectivity index (χ4v) is 2.99. The zero-order valence-corrected chi connectivity index (χ0v) is 12.2. The molecule has 1 aliphatic rings. The maximum absolute atomic E-state index is 4.44. The lowest BCUT2D eigenvalue weighted by atomic mass is 10.1. The summed E-state index contributed by atoms with van der Waals surface area (Å²) in [6.45, 7) is 3.27. The van der Waals surface area contributed by atoms with Gasteiger partial charge in [0.15, 0.2) is 5.16 Å². The molecule has 0 unspecified atom stereocenters. The molecule has 0 spiro atoms. The highest BCUT2D eigenvalue weighted by atomic mass is 79.9. The molecular formula is C13H15BrN2S. The first-order chi connectivity index (χ1) is 7.88. The van der Waals surface area contributed by atoms with Crippen LogP contribution in [0.25, 0.3) is 11.3 Å². The van der Waals surface area contributed by atoms with Gasteiger partial charge in [0.2, 0.25) is 0 Å². The number of nitrogens with zero attached hydrogens (tertiary/aromatic N) is 2. The second kappa shape index (κ2) is 5.27. The Balaban J connectivity index is 0.00000108. The van der Waals surface area contributed by atoms with Crippen LogP contribution in [0.4, 0.5) is 0 Å². The number of thioether (sulfide) groups is 1. The van der Waals surface area contributed by atoms with Crippen LogP contribution in [0, 0.1) is 0 Å². The Bertz CT molecular complexity index is 505. The molecule has 0 saturated carbocycles. The normalized spacial score (nSPS) is 13.2. The minimum Gasteiger partial charge on any atom is -0.318 e. The van der Waals surface area contributed by atoms with Gasteiger partial charge >= 0.3 is 0 Å². The van der Waals surface area contributed by atoms with Crippen LogP contribution in [0.2, 0.25) is 0 Å². The number of hydrogen-bond donors (Lipinski definition) is 0. The smallest absolute Gasteiger partial charge is 0.168 e. The number of aromatic nitrogens is 2. The van der Waals surface area contributed by atoms with Crippen molar-refractivity contribution in [3.05, 3.63) is 36.0 Å². The van der Waals surface area contributed by atoms with E-state index in [1.165, 1.54) is 16.8 Å². The summed E-state index contributed by atoms with van der Waals surface area (Å²) >= 11 is 1.84. The molecule has 1 aliphatic heterocycles. The number of imidazole rings is 1. The van der Waals surface area contributed by atoms with Crippen molar-refractivity contribution in [1.29, 1.82) is 0 Å². The summed E-state index contributed by atoms with van der Waals surface area (Å²) in [7, 11) is 0. The summed E-state index contributed by atoms with van der Waals surface area (Å²) in [5, 5.41) is 1.16. The third-order valence-corrected chi connectivity index (χ3v) is 3.99. The van der Waals surface area contributed by atoms with E-state index in [2.05, 4.69) is 40.7 Å². The molecule has 3 rings (SSSR count). The Labute approximate surface area is 116 Å². The lowest BCUT2D eigenvalue weighted by Crippen LogP contribution is -1.96. The minimum absolute atomic E-state index is 0. The van der Waals surface area contributed by atoms with Crippen LogP contribution >= 0.6 is 28.7 Å². The van der Waals surface area contributed by atoms with Crippen LogP contribution in [0.15, 0.2) is 35.6 Å². The minimum atomic E-state index is 0. The molecule has 0 radical (unpaired) electrons. The Morgan fingerprint density at radius 1 is 1.29 bits per heavy atom. The number of fused-ring (bicyclic) bond motifs is 1. The Morgan fingerprint density at radius 2 is 2.06 bits per heavy atom. The van der Waals surface area contributed by atoms with Crippen LogP contribution in [0.5, 0.6) is 0 Å². The van der Waals surface area contributed by atoms with E-state index in [0.29, 0.717) is 0 Å². The molecule has 0 saturated heterocycles. The third-order valence-electron chi connectivity index (χ3n) is 3.02. The molecule has 1 aromatic heterocycles. The number of aryl methyl sites for hydroxylation is 1. The summed E-state index contributed by atoms with van der Waals surface area (Å²) in [5.41, 5.74) is 3.92. The van der Waals surface area contributed by atoms with Crippen molar-refractivity contribution in [3.63, 3.8) is 0 Å². The summed E-state index contributed by atoms with van der Waals surface area (Å²) in [6.07, 6.45) is 3.09. The van der Waals surface area contributed by atoms with E-state index in [1.54, 1.807) is 0 Å². The molecule has 90 valence electrons. The van der Waals surface area contributed by atoms with E-state index in [9.17, 15) is 0 Å². The van der Waals surface area contributed by atoms with E-state index in [4.69, 9.17) is 0 Å². The number of hydrogen-bond acceptors (Lipinski definition) is 2. The van der Waals surface area contributed by atoms with Gasteiger partial charge in [0.1, 0.15) is 0 Å². The molecule has 2 heterocycles. The van der Waals surface area contributed by atoms with Crippen molar-refractivity contribution in [2.45, 2.75) is 25.0 Å². The summed E-state index contributed by atoms with van der Waals surface area (Å²) in [6, 6.07) is 8.81. The average molecular weight is 311 g/mol. The van der Waals surface area contributed by atoms with Crippen molar-refractivity contribution in [3.8, 4) is 11.3 Å². The van der Waals surface area contributed by atoms with Gasteiger partial charge in [-0.3, -0.25) is 0 Å². The van der Waals surface area contributed by atoms with Crippen molar-refractivity contribution in [2.24, 2.45) is 0 Å². The first-order valence-electron chi connectivity index (χ1n) is 5.66. The molecule has 1 aromatic carbocycles. The van der Waals surface area contributed by atoms with Crippen molar-refractivity contribution in [1.82, 2.24) is 9.55 Å². The average Bonchev–Trinajstić information content (AvgIpc) is 2.91. The first kappa shape index (κ1) is 12.7. The lowest BCUT2D eigenvalue weighted by molar-refractivity contribution is 0.726. The molecule has 17 heavy (non-hydrogen) atoms. The molecule has 2 nitrogen and oxygen atoms in total. The molecule has 0 aliphatic carbocycles. The van der Waals surface area contributed by atoms with Gasteiger partial charge in [-0.1, -0.05) is 43.0 Å². The highest BCUT2D eigenvalue weighted by molar-refractivity contribution is 8.93. The maximum atomic E-state index is 4.44. The van der Waals surface area contributed by atoms with Gasteiger partial charge in [-0.2, -0.15) is 0 Å². The van der Waals surface area contributed by atoms with Crippen molar-refractivity contribution >= 4 is 28.7 Å². The summed E-state index contributed by atoms with van der Waals surface area (Å²) < 4.78 is 2.31. The topological polar surface area (TPSA) is 17.8 Å². The second-order valence-electron chi connectivity index (χ2n) is 3.98. The van der Waals surface area contributed by atoms with Crippen molar-refractivity contribution < 1.29 is 0 Å². The van der Waals surface area contributed by atoms with Crippen LogP contribution in [-0.4, -0.2) is 15.3 Å². The molecule has 0 bridgehead atoms. The molecule has 2 aromatic rings. The predicted octanol–water partition coefficient (Wildman–Crippen LogP) is 3.80. The van der Waals surface area contributed by atoms with Gasteiger partial charge in [0, 0.05) is 12.3 Å². The van der Waals surface area contributed by atoms with Gasteiger partial charge in [0.25, 0.3) is 0 Å². The Kier molecular flexibility index (Phi) is 3.94. The Morgan fingerprint density at radius 3 is 2.76 bits per heavy atom. The van der Waals surface area contributed by atoms with Gasteiger partial charge in [-0.15, -0.1) is 17.0 Å². The summed E-state index contributed by atoms with van der Waals surface area (Å²) in [5.74, 6) is 1.16. The second-order valence-corrected chi connectivity index (χ2v) is 5.04. The molecular weight excluding hydrogens is 296 g/mol. The third kappa shape index (κ3) is 2.29. The van der Waals surface area contributed by atoms with E-state index in [-0.39, 0.29) is 17.0 Å². The highest BCUT2D eigenvalue weighted by Gasteiger charge is 2.16. The number of rotatable bonds is 2. The van der Waals surface area contributed by atoms with E-state index in [1.807, 2.05) is 18.0 Å². The van der Waals surface area contributed by atoms with Crippen molar-refractivity contribution in [2.75, 3.05) is 5.75 Å². The fourth-order valence-electron chi connectivity index (χ4n) is 2.06. The van der Waals surface area contributed by atoms with E-state index >= 15 is 0 Å². The quantitative estimate of drug-likeness (QED) is 0.839. The van der Waals surface area contributed by atoms with Gasteiger partial charge < -0.3 is 4.57 Å². The highest BCUT2D eigenvalue weighted by Crippen LogP contribution is 2.30. The van der Waals surface area contributed by atoms with E-state index < -0.39 is 0 Å². The largest absolute Gasteiger partial charge is 0.318 e. The fraction of sp³-hybridized carbons (Fsp3) is 0.308. The Hall–Kier alpha value is -0.740. The standard InChI is InChI=1S/C13H14N2S.BrH/c1-2-10-3-5-11(6-4-10)12-9-14-13-15(12)7-8-16-13;/h3-6,9H,2,7-8H2,1H3;1H. The molecule has 0 atom stereocenters. The molecule has 0 amide bonds. The van der Waals surface area contributed by atoms with Crippen LogP contribution in [0.3, 0.4) is 0 Å². The lowest BCUT2D eigenvalue weighted by Gasteiger charge is -2.05. The van der Waals surface area contributed by atoms with Crippen LogP contribution in [0.1, 0.15) is 12.5 Å². The van der Waals surface area contributed by atoms with Gasteiger partial charge in [0.05, 0.1) is 11.9 Å². The van der Waals surface area contributed by atoms with Gasteiger partial charge in [-0.05, 0) is 17.5 Å². The monoisotopic (exact) mass is 310 g/mol. The zero-order chi connectivity index (χ0) is 11.0. The SMILES string of the molecule is Br.CCc1ccc(-c2cnc3n2CCS3)cc1.